The van der Waals surface area contributed by atoms with Gasteiger partial charge in [0.2, 0.25) is 0 Å². The van der Waals surface area contributed by atoms with Crippen molar-refractivity contribution in [3.8, 4) is 0 Å². The van der Waals surface area contributed by atoms with Crippen LogP contribution in [0.5, 0.6) is 0 Å². The highest BCUT2D eigenvalue weighted by atomic mass is 28.4. The van der Waals surface area contributed by atoms with Gasteiger partial charge in [0.25, 0.3) is 8.32 Å². The monoisotopic (exact) mass is 1010 g/mol. The number of azide groups is 1. The van der Waals surface area contributed by atoms with Gasteiger partial charge in [-0.1, -0.05) is 134 Å². The van der Waals surface area contributed by atoms with E-state index in [1.54, 1.807) is 11.0 Å². The summed E-state index contributed by atoms with van der Waals surface area (Å²) in [5.74, 6) is -2.20. The molecule has 2 heterocycles. The molecule has 0 unspecified atom stereocenters. The third kappa shape index (κ3) is 13.4. The second kappa shape index (κ2) is 20.8. The first-order valence-electron chi connectivity index (χ1n) is 24.4. The van der Waals surface area contributed by atoms with Gasteiger partial charge in [0.05, 0.1) is 37.6 Å². The number of nitrogens with zero attached hydrogens (tertiary/aromatic N) is 4. The van der Waals surface area contributed by atoms with E-state index in [0.717, 1.165) is 10.4 Å². The predicted octanol–water partition coefficient (Wildman–Crippen LogP) is 11.6. The van der Waals surface area contributed by atoms with E-state index in [1.807, 2.05) is 52.8 Å². The molecular formula is C51H88N4O9Si4. The van der Waals surface area contributed by atoms with Crippen LogP contribution in [0, 0.1) is 0 Å². The number of benzene rings is 2. The van der Waals surface area contributed by atoms with Crippen molar-refractivity contribution in [2.45, 2.75) is 218 Å². The number of hydrogen-bond donors (Lipinski definition) is 1. The molecule has 4 rings (SSSR count). The van der Waals surface area contributed by atoms with Crippen molar-refractivity contribution in [1.82, 2.24) is 4.90 Å². The molecule has 1 N–H and O–H groups in total. The Morgan fingerprint density at radius 2 is 1.31 bits per heavy atom. The summed E-state index contributed by atoms with van der Waals surface area (Å²) in [4.78, 5) is 18.9. The molecular weight excluding hydrogens is 925 g/mol. The minimum Gasteiger partial charge on any atom is -0.444 e. The minimum atomic E-state index is -3.16. The summed E-state index contributed by atoms with van der Waals surface area (Å²) < 4.78 is 48.6. The van der Waals surface area contributed by atoms with Crippen LogP contribution < -0.4 is 10.4 Å². The van der Waals surface area contributed by atoms with Crippen molar-refractivity contribution >= 4 is 49.7 Å². The lowest BCUT2D eigenvalue weighted by Gasteiger charge is -2.54. The Bertz CT molecular complexity index is 2030. The van der Waals surface area contributed by atoms with Crippen LogP contribution in [0.2, 0.25) is 60.9 Å². The maximum absolute atomic E-state index is 13.9. The maximum Gasteiger partial charge on any atom is 0.412 e. The number of hydrogen-bond acceptors (Lipinski definition) is 10. The smallest absolute Gasteiger partial charge is 0.412 e. The van der Waals surface area contributed by atoms with E-state index in [2.05, 4.69) is 167 Å². The number of rotatable bonds is 16. The highest BCUT2D eigenvalue weighted by molar-refractivity contribution is 6.99. The first-order chi connectivity index (χ1) is 30.8. The van der Waals surface area contributed by atoms with Gasteiger partial charge in [0.15, 0.2) is 30.7 Å². The Morgan fingerprint density at radius 3 is 1.74 bits per heavy atom. The summed E-state index contributed by atoms with van der Waals surface area (Å²) in [5.41, 5.74) is 8.67. The lowest BCUT2D eigenvalue weighted by Crippen LogP contribution is -2.71. The van der Waals surface area contributed by atoms with Gasteiger partial charge < -0.3 is 37.0 Å². The zero-order chi connectivity index (χ0) is 51.7. The second-order valence-electron chi connectivity index (χ2n) is 25.3. The van der Waals surface area contributed by atoms with Crippen LogP contribution in [0.4, 0.5) is 4.79 Å². The molecule has 0 spiro atoms. The van der Waals surface area contributed by atoms with Crippen molar-refractivity contribution in [2.24, 2.45) is 5.11 Å². The second-order valence-corrected chi connectivity index (χ2v) is 43.6. The highest BCUT2D eigenvalue weighted by Crippen LogP contribution is 2.47. The largest absolute Gasteiger partial charge is 0.444 e. The number of carbonyl (C=O) groups is 1. The fourth-order valence-corrected chi connectivity index (χ4v) is 17.0. The van der Waals surface area contributed by atoms with Crippen LogP contribution in [0.3, 0.4) is 0 Å². The first kappa shape index (κ1) is 57.9. The standard InChI is InChI=1S/C51H88N4O9Si4/c1-46(2,3)61-45(56)55-39(35-58-50(55,13)14)40(62-65(15,16)17)33-28-34-51(57)44(53-54-52)43(64-67(20,21)48(7,8)9)42(63-66(18,19)47(4,5)6)41(60-51)36-59-68(49(10,11)12,37-29-24-22-25-30-37)38-31-26-23-27-32-38/h22-32,34,39-44,57H,33,35-36H2,1-21H3/b34-28-/t39-,40-,41-,42+,43+,44-,51+/m1/s1. The van der Waals surface area contributed by atoms with Gasteiger partial charge in [-0.2, -0.15) is 0 Å². The SMILES string of the molecule is CC(C)(C)OC(=O)N1[C@@H]([C@@H](C/C=C\[C@]2(O)O[C@H](CO[Si](c3ccccc3)(c3ccccc3)C(C)(C)C)[C@H](O[Si](C)(C)C(C)(C)C)[C@H](O[Si](C)(C)C(C)(C)C)[C@H]2N=[N+]=[N-])O[Si](C)(C)C)COC1(C)C. The molecule has 2 saturated heterocycles. The van der Waals surface area contributed by atoms with Gasteiger partial charge in [-0.15, -0.1) is 0 Å². The molecule has 2 aromatic rings. The van der Waals surface area contributed by atoms with Crippen LogP contribution in [-0.2, 0) is 31.9 Å². The summed E-state index contributed by atoms with van der Waals surface area (Å²) in [6.45, 7) is 44.1. The lowest BCUT2D eigenvalue weighted by molar-refractivity contribution is -0.284. The van der Waals surface area contributed by atoms with Crippen molar-refractivity contribution < 1.29 is 41.8 Å². The van der Waals surface area contributed by atoms with E-state index in [0.29, 0.717) is 0 Å². The fraction of sp³-hybridized carbons (Fsp3) is 0.706. The summed E-state index contributed by atoms with van der Waals surface area (Å²) in [6.07, 6.45) is -0.0789. The Labute approximate surface area is 414 Å². The van der Waals surface area contributed by atoms with Gasteiger partial charge >= 0.3 is 6.09 Å². The van der Waals surface area contributed by atoms with Crippen molar-refractivity contribution in [3.05, 3.63) is 83.3 Å². The third-order valence-corrected chi connectivity index (χ3v) is 29.0. The van der Waals surface area contributed by atoms with Crippen molar-refractivity contribution in [2.75, 3.05) is 13.2 Å². The average molecular weight is 1010 g/mol. The Hall–Kier alpha value is -2.65. The molecule has 0 radical (unpaired) electrons. The Morgan fingerprint density at radius 1 is 0.824 bits per heavy atom. The third-order valence-electron chi connectivity index (χ3n) is 14.1. The number of amides is 1. The molecule has 1 amide bonds. The minimum absolute atomic E-state index is 0.0315. The summed E-state index contributed by atoms with van der Waals surface area (Å²) >= 11 is 0. The van der Waals surface area contributed by atoms with Crippen LogP contribution in [0.15, 0.2) is 77.9 Å². The Balaban J connectivity index is 1.97. The number of aliphatic hydroxyl groups is 1. The lowest BCUT2D eigenvalue weighted by atomic mass is 9.90. The normalized spacial score (nSPS) is 25.0. The van der Waals surface area contributed by atoms with Crippen LogP contribution in [-0.4, -0.2) is 116 Å². The number of ether oxygens (including phenoxy) is 3. The molecule has 13 nitrogen and oxygen atoms in total. The highest BCUT2D eigenvalue weighted by Gasteiger charge is 2.60. The van der Waals surface area contributed by atoms with Crippen molar-refractivity contribution in [1.29, 1.82) is 0 Å². The molecule has 17 heteroatoms. The zero-order valence-corrected chi connectivity index (χ0v) is 49.5. The summed E-state index contributed by atoms with van der Waals surface area (Å²) in [5, 5.41) is 19.0. The van der Waals surface area contributed by atoms with E-state index in [-0.39, 0.29) is 34.7 Å². The summed E-state index contributed by atoms with van der Waals surface area (Å²) in [7, 11) is -10.8. The molecule has 382 valence electrons. The van der Waals surface area contributed by atoms with E-state index < -0.39 is 93.0 Å². The van der Waals surface area contributed by atoms with Crippen molar-refractivity contribution in [3.63, 3.8) is 0 Å². The topological polar surface area (TPSA) is 154 Å². The van der Waals surface area contributed by atoms with Gasteiger partial charge in [0.1, 0.15) is 23.5 Å². The van der Waals surface area contributed by atoms with Gasteiger partial charge in [-0.3, -0.25) is 4.90 Å². The quantitative estimate of drug-likeness (QED) is 0.0569. The van der Waals surface area contributed by atoms with Crippen LogP contribution >= 0.6 is 0 Å². The van der Waals surface area contributed by atoms with Gasteiger partial charge in [-0.05, 0) is 124 Å². The molecule has 2 fully saturated rings. The molecule has 0 saturated carbocycles. The van der Waals surface area contributed by atoms with E-state index in [9.17, 15) is 15.4 Å². The average Bonchev–Trinajstić information content (AvgIpc) is 3.50. The Kier molecular flexibility index (Phi) is 17.7. The van der Waals surface area contributed by atoms with Crippen LogP contribution in [0.1, 0.15) is 103 Å². The first-order valence-corrected chi connectivity index (χ1v) is 35.5. The molecule has 68 heavy (non-hydrogen) atoms. The van der Waals surface area contributed by atoms with Crippen LogP contribution in [0.25, 0.3) is 10.4 Å². The zero-order valence-electron chi connectivity index (χ0n) is 45.5. The summed E-state index contributed by atoms with van der Waals surface area (Å²) in [6, 6.07) is 19.0. The van der Waals surface area contributed by atoms with E-state index in [4.69, 9.17) is 31.9 Å². The fourth-order valence-electron chi connectivity index (χ4n) is 8.64. The number of carbonyl (C=O) groups excluding carboxylic acids is 1. The molecule has 7 atom stereocenters. The maximum atomic E-state index is 13.9. The molecule has 2 aromatic carbocycles. The molecule has 2 aliphatic rings. The molecule has 0 aliphatic carbocycles. The van der Waals surface area contributed by atoms with Gasteiger partial charge in [-0.25, -0.2) is 4.79 Å². The molecule has 0 bridgehead atoms. The van der Waals surface area contributed by atoms with E-state index in [1.165, 1.54) is 0 Å². The van der Waals surface area contributed by atoms with E-state index >= 15 is 0 Å². The van der Waals surface area contributed by atoms with Gasteiger partial charge in [0, 0.05) is 4.91 Å². The molecule has 2 aliphatic heterocycles. The predicted molar refractivity (Wildman–Crippen MR) is 284 cm³/mol. The molecule has 0 aromatic heterocycles.